The highest BCUT2D eigenvalue weighted by Gasteiger charge is 2.33. The number of hydrogen-bond acceptors (Lipinski definition) is 3. The van der Waals surface area contributed by atoms with Crippen LogP contribution in [0.2, 0.25) is 0 Å². The normalized spacial score (nSPS) is 24.1. The predicted octanol–water partition coefficient (Wildman–Crippen LogP) is 2.90. The number of carbonyl (C=O) groups is 1. The lowest BCUT2D eigenvalue weighted by atomic mass is 10.1. The summed E-state index contributed by atoms with van der Waals surface area (Å²) in [6.07, 6.45) is 0.562. The molecule has 0 saturated carbocycles. The molecule has 2 nitrogen and oxygen atoms in total. The van der Waals surface area contributed by atoms with Gasteiger partial charge in [-0.3, -0.25) is 4.79 Å². The number of hydrogen-bond donors (Lipinski definition) is 1. The van der Waals surface area contributed by atoms with Gasteiger partial charge < -0.3 is 5.32 Å². The van der Waals surface area contributed by atoms with Crippen LogP contribution in [0.15, 0.2) is 29.2 Å². The number of fused-ring (bicyclic) bond motifs is 1. The molecule has 14 heavy (non-hydrogen) atoms. The predicted molar refractivity (Wildman–Crippen MR) is 59.6 cm³/mol. The SMILES string of the molecule is CC(=O)C[C@]1(C)Nc2ccccc2S1. The molecule has 0 bridgehead atoms. The smallest absolute Gasteiger partial charge is 0.133 e. The highest BCUT2D eigenvalue weighted by atomic mass is 32.2. The molecule has 0 amide bonds. The molecule has 0 fully saturated rings. The van der Waals surface area contributed by atoms with Gasteiger partial charge in [-0.05, 0) is 26.0 Å². The van der Waals surface area contributed by atoms with Gasteiger partial charge in [-0.2, -0.15) is 0 Å². The van der Waals surface area contributed by atoms with Gasteiger partial charge in [-0.1, -0.05) is 23.9 Å². The summed E-state index contributed by atoms with van der Waals surface area (Å²) in [7, 11) is 0. The van der Waals surface area contributed by atoms with Crippen molar-refractivity contribution in [3.8, 4) is 0 Å². The molecule has 1 atom stereocenters. The molecule has 1 N–H and O–H groups in total. The summed E-state index contributed by atoms with van der Waals surface area (Å²) in [6, 6.07) is 8.16. The minimum absolute atomic E-state index is 0.157. The van der Waals surface area contributed by atoms with E-state index in [2.05, 4.69) is 18.3 Å². The van der Waals surface area contributed by atoms with Crippen LogP contribution in [0.5, 0.6) is 0 Å². The minimum Gasteiger partial charge on any atom is -0.369 e. The molecule has 1 heterocycles. The first-order valence-electron chi connectivity index (χ1n) is 4.65. The Bertz CT molecular complexity index is 350. The molecule has 74 valence electrons. The molecule has 1 aromatic carbocycles. The maximum atomic E-state index is 11.1. The second kappa shape index (κ2) is 3.31. The van der Waals surface area contributed by atoms with Crippen molar-refractivity contribution >= 4 is 23.2 Å². The van der Waals surface area contributed by atoms with Crippen molar-refractivity contribution in [2.75, 3.05) is 5.32 Å². The third-order valence-electron chi connectivity index (χ3n) is 2.21. The highest BCUT2D eigenvalue weighted by molar-refractivity contribution is 8.01. The summed E-state index contributed by atoms with van der Waals surface area (Å²) in [5, 5.41) is 3.38. The molecule has 0 spiro atoms. The number of ketones is 1. The van der Waals surface area contributed by atoms with Crippen LogP contribution in [-0.2, 0) is 4.79 Å². The average molecular weight is 207 g/mol. The van der Waals surface area contributed by atoms with Gasteiger partial charge in [0.15, 0.2) is 0 Å². The van der Waals surface area contributed by atoms with Crippen molar-refractivity contribution < 1.29 is 4.79 Å². The number of rotatable bonds is 2. The molecular weight excluding hydrogens is 194 g/mol. The number of nitrogens with one attached hydrogen (secondary N) is 1. The van der Waals surface area contributed by atoms with E-state index >= 15 is 0 Å². The number of anilines is 1. The third-order valence-corrected chi connectivity index (χ3v) is 3.48. The Morgan fingerprint density at radius 3 is 2.86 bits per heavy atom. The number of Topliss-reactive ketones (excluding diaryl/α,β-unsaturated/α-hetero) is 1. The van der Waals surface area contributed by atoms with Gasteiger partial charge in [0, 0.05) is 17.0 Å². The minimum atomic E-state index is -0.157. The molecule has 1 aliphatic heterocycles. The maximum absolute atomic E-state index is 11.1. The average Bonchev–Trinajstić information content (AvgIpc) is 2.38. The molecule has 0 aliphatic carbocycles. The Hall–Kier alpha value is -0.960. The van der Waals surface area contributed by atoms with Crippen molar-refractivity contribution in [1.29, 1.82) is 0 Å². The second-order valence-corrected chi connectivity index (χ2v) is 5.38. The summed E-state index contributed by atoms with van der Waals surface area (Å²) in [6.45, 7) is 3.70. The third kappa shape index (κ3) is 1.77. The first-order chi connectivity index (χ1) is 6.59. The van der Waals surface area contributed by atoms with E-state index in [1.165, 1.54) is 4.90 Å². The van der Waals surface area contributed by atoms with Crippen LogP contribution in [0.3, 0.4) is 0 Å². The van der Waals surface area contributed by atoms with E-state index in [-0.39, 0.29) is 10.7 Å². The van der Waals surface area contributed by atoms with Gasteiger partial charge in [-0.25, -0.2) is 0 Å². The molecule has 2 rings (SSSR count). The van der Waals surface area contributed by atoms with E-state index < -0.39 is 0 Å². The Kier molecular flexibility index (Phi) is 2.27. The van der Waals surface area contributed by atoms with E-state index in [1.807, 2.05) is 18.2 Å². The van der Waals surface area contributed by atoms with E-state index in [0.29, 0.717) is 6.42 Å². The summed E-state index contributed by atoms with van der Waals surface area (Å²) >= 11 is 1.73. The second-order valence-electron chi connectivity index (χ2n) is 3.83. The first-order valence-corrected chi connectivity index (χ1v) is 5.46. The van der Waals surface area contributed by atoms with Crippen LogP contribution in [0, 0.1) is 0 Å². The van der Waals surface area contributed by atoms with Crippen LogP contribution in [0.1, 0.15) is 20.3 Å². The number of benzene rings is 1. The van der Waals surface area contributed by atoms with Crippen molar-refractivity contribution in [3.63, 3.8) is 0 Å². The molecule has 3 heteroatoms. The summed E-state index contributed by atoms with van der Waals surface area (Å²) in [4.78, 5) is 12.2. The zero-order valence-electron chi connectivity index (χ0n) is 8.33. The fraction of sp³-hybridized carbons (Fsp3) is 0.364. The largest absolute Gasteiger partial charge is 0.369 e. The van der Waals surface area contributed by atoms with E-state index in [0.717, 1.165) is 5.69 Å². The Morgan fingerprint density at radius 2 is 2.21 bits per heavy atom. The Balaban J connectivity index is 2.21. The number of carbonyl (C=O) groups excluding carboxylic acids is 1. The summed E-state index contributed by atoms with van der Waals surface area (Å²) in [5.74, 6) is 0.223. The molecule has 0 unspecified atom stereocenters. The van der Waals surface area contributed by atoms with Gasteiger partial charge in [0.25, 0.3) is 0 Å². The Morgan fingerprint density at radius 1 is 1.50 bits per heavy atom. The number of para-hydroxylation sites is 1. The monoisotopic (exact) mass is 207 g/mol. The zero-order chi connectivity index (χ0) is 10.2. The van der Waals surface area contributed by atoms with E-state index in [9.17, 15) is 4.79 Å². The van der Waals surface area contributed by atoms with Crippen molar-refractivity contribution in [2.24, 2.45) is 0 Å². The van der Waals surface area contributed by atoms with Gasteiger partial charge in [-0.15, -0.1) is 0 Å². The highest BCUT2D eigenvalue weighted by Crippen LogP contribution is 2.46. The summed E-state index contributed by atoms with van der Waals surface area (Å²) < 4.78 is 0. The quantitative estimate of drug-likeness (QED) is 0.808. The van der Waals surface area contributed by atoms with Crippen LogP contribution in [0.25, 0.3) is 0 Å². The lowest BCUT2D eigenvalue weighted by molar-refractivity contribution is -0.117. The molecule has 0 aromatic heterocycles. The number of thioether (sulfide) groups is 1. The summed E-state index contributed by atoms with van der Waals surface area (Å²) in [5.41, 5.74) is 1.14. The zero-order valence-corrected chi connectivity index (χ0v) is 9.15. The van der Waals surface area contributed by atoms with Crippen LogP contribution < -0.4 is 5.32 Å². The topological polar surface area (TPSA) is 29.1 Å². The van der Waals surface area contributed by atoms with Crippen LogP contribution in [0.4, 0.5) is 5.69 Å². The lowest BCUT2D eigenvalue weighted by Crippen LogP contribution is -2.29. The van der Waals surface area contributed by atoms with Crippen molar-refractivity contribution in [1.82, 2.24) is 0 Å². The van der Waals surface area contributed by atoms with Crippen LogP contribution >= 0.6 is 11.8 Å². The lowest BCUT2D eigenvalue weighted by Gasteiger charge is -2.22. The van der Waals surface area contributed by atoms with E-state index in [4.69, 9.17) is 0 Å². The fourth-order valence-electron chi connectivity index (χ4n) is 1.77. The molecule has 1 aromatic rings. The Labute approximate surface area is 88.1 Å². The van der Waals surface area contributed by atoms with Gasteiger partial charge in [0.05, 0.1) is 4.87 Å². The molecular formula is C11H13NOS. The maximum Gasteiger partial charge on any atom is 0.133 e. The molecule has 0 saturated heterocycles. The van der Waals surface area contributed by atoms with Gasteiger partial charge in [0.2, 0.25) is 0 Å². The van der Waals surface area contributed by atoms with Crippen LogP contribution in [-0.4, -0.2) is 10.7 Å². The van der Waals surface area contributed by atoms with Gasteiger partial charge >= 0.3 is 0 Å². The van der Waals surface area contributed by atoms with Crippen molar-refractivity contribution in [2.45, 2.75) is 30.0 Å². The molecule has 0 radical (unpaired) electrons. The van der Waals surface area contributed by atoms with Gasteiger partial charge in [0.1, 0.15) is 5.78 Å². The first kappa shape index (κ1) is 9.59. The fourth-order valence-corrected chi connectivity index (χ4v) is 3.06. The van der Waals surface area contributed by atoms with Crippen molar-refractivity contribution in [3.05, 3.63) is 24.3 Å². The molecule has 1 aliphatic rings. The van der Waals surface area contributed by atoms with E-state index in [1.54, 1.807) is 18.7 Å². The standard InChI is InChI=1S/C11H13NOS/c1-8(13)7-11(2)12-9-5-3-4-6-10(9)14-11/h3-6,12H,7H2,1-2H3/t11-/m1/s1.